The van der Waals surface area contributed by atoms with Gasteiger partial charge in [-0.1, -0.05) is 0 Å². The highest BCUT2D eigenvalue weighted by atomic mass is 14.9. The Bertz CT molecular complexity index is 271. The van der Waals surface area contributed by atoms with E-state index in [0.29, 0.717) is 6.04 Å². The molecule has 1 heterocycles. The van der Waals surface area contributed by atoms with Crippen molar-refractivity contribution in [1.82, 2.24) is 4.98 Å². The molecule has 0 aromatic carbocycles. The van der Waals surface area contributed by atoms with Crippen LogP contribution < -0.4 is 11.1 Å². The molecule has 0 amide bonds. The second-order valence-corrected chi connectivity index (χ2v) is 3.73. The highest BCUT2D eigenvalue weighted by Crippen LogP contribution is 2.10. The van der Waals surface area contributed by atoms with E-state index in [1.807, 2.05) is 12.3 Å². The van der Waals surface area contributed by atoms with Crippen LogP contribution in [0.2, 0.25) is 0 Å². The molecule has 0 bridgehead atoms. The SMILES string of the molecule is CC(C)Nc1ccnc(CCCN)c1. The number of pyridine rings is 1. The molecule has 3 heteroatoms. The van der Waals surface area contributed by atoms with E-state index in [9.17, 15) is 0 Å². The molecule has 0 saturated carbocycles. The molecular weight excluding hydrogens is 174 g/mol. The van der Waals surface area contributed by atoms with E-state index in [4.69, 9.17) is 5.73 Å². The monoisotopic (exact) mass is 193 g/mol. The van der Waals surface area contributed by atoms with Crippen molar-refractivity contribution in [2.75, 3.05) is 11.9 Å². The Morgan fingerprint density at radius 2 is 2.29 bits per heavy atom. The topological polar surface area (TPSA) is 50.9 Å². The molecule has 0 spiro atoms. The van der Waals surface area contributed by atoms with Gasteiger partial charge in [0.25, 0.3) is 0 Å². The van der Waals surface area contributed by atoms with Crippen LogP contribution in [0.3, 0.4) is 0 Å². The summed E-state index contributed by atoms with van der Waals surface area (Å²) in [5.74, 6) is 0. The average molecular weight is 193 g/mol. The third-order valence-corrected chi connectivity index (χ3v) is 1.91. The zero-order valence-corrected chi connectivity index (χ0v) is 8.96. The van der Waals surface area contributed by atoms with Gasteiger partial charge in [0.1, 0.15) is 0 Å². The van der Waals surface area contributed by atoms with Crippen LogP contribution in [0.25, 0.3) is 0 Å². The number of aryl methyl sites for hydroxylation is 1. The molecule has 0 aliphatic heterocycles. The summed E-state index contributed by atoms with van der Waals surface area (Å²) in [6.07, 6.45) is 3.80. The molecule has 14 heavy (non-hydrogen) atoms. The van der Waals surface area contributed by atoms with Crippen molar-refractivity contribution in [3.05, 3.63) is 24.0 Å². The van der Waals surface area contributed by atoms with Crippen LogP contribution in [0.4, 0.5) is 5.69 Å². The Labute approximate surface area is 85.7 Å². The van der Waals surface area contributed by atoms with Crippen molar-refractivity contribution < 1.29 is 0 Å². The van der Waals surface area contributed by atoms with Crippen molar-refractivity contribution in [2.45, 2.75) is 32.7 Å². The summed E-state index contributed by atoms with van der Waals surface area (Å²) >= 11 is 0. The number of nitrogens with one attached hydrogen (secondary N) is 1. The largest absolute Gasteiger partial charge is 0.383 e. The van der Waals surface area contributed by atoms with Crippen molar-refractivity contribution >= 4 is 5.69 Å². The predicted octanol–water partition coefficient (Wildman–Crippen LogP) is 1.79. The third-order valence-electron chi connectivity index (χ3n) is 1.91. The maximum Gasteiger partial charge on any atom is 0.0424 e. The van der Waals surface area contributed by atoms with Gasteiger partial charge in [-0.15, -0.1) is 0 Å². The first-order chi connectivity index (χ1) is 6.72. The summed E-state index contributed by atoms with van der Waals surface area (Å²) in [6, 6.07) is 4.54. The van der Waals surface area contributed by atoms with Gasteiger partial charge in [-0.2, -0.15) is 0 Å². The van der Waals surface area contributed by atoms with Crippen LogP contribution in [0.1, 0.15) is 26.0 Å². The summed E-state index contributed by atoms with van der Waals surface area (Å²) < 4.78 is 0. The van der Waals surface area contributed by atoms with Crippen LogP contribution in [0.5, 0.6) is 0 Å². The van der Waals surface area contributed by atoms with E-state index < -0.39 is 0 Å². The van der Waals surface area contributed by atoms with Crippen LogP contribution in [0, 0.1) is 0 Å². The Balaban J connectivity index is 2.59. The zero-order valence-electron chi connectivity index (χ0n) is 8.96. The summed E-state index contributed by atoms with van der Waals surface area (Å²) in [4.78, 5) is 4.29. The highest BCUT2D eigenvalue weighted by molar-refractivity contribution is 5.43. The van der Waals surface area contributed by atoms with Crippen LogP contribution in [-0.2, 0) is 6.42 Å². The predicted molar refractivity (Wildman–Crippen MR) is 60.4 cm³/mol. The average Bonchev–Trinajstić information content (AvgIpc) is 2.14. The fraction of sp³-hybridized carbons (Fsp3) is 0.545. The van der Waals surface area contributed by atoms with Crippen LogP contribution >= 0.6 is 0 Å². The summed E-state index contributed by atoms with van der Waals surface area (Å²) in [5, 5.41) is 3.35. The second-order valence-electron chi connectivity index (χ2n) is 3.73. The molecule has 3 nitrogen and oxygen atoms in total. The van der Waals surface area contributed by atoms with Crippen LogP contribution in [0.15, 0.2) is 18.3 Å². The number of hydrogen-bond acceptors (Lipinski definition) is 3. The normalized spacial score (nSPS) is 10.6. The van der Waals surface area contributed by atoms with Gasteiger partial charge in [0, 0.05) is 23.6 Å². The van der Waals surface area contributed by atoms with E-state index in [2.05, 4.69) is 30.2 Å². The Hall–Kier alpha value is -1.09. The second kappa shape index (κ2) is 5.60. The van der Waals surface area contributed by atoms with Crippen molar-refractivity contribution in [3.8, 4) is 0 Å². The van der Waals surface area contributed by atoms with Gasteiger partial charge in [0.05, 0.1) is 0 Å². The summed E-state index contributed by atoms with van der Waals surface area (Å²) in [7, 11) is 0. The van der Waals surface area contributed by atoms with Gasteiger partial charge in [-0.05, 0) is 45.4 Å². The minimum absolute atomic E-state index is 0.458. The molecule has 3 N–H and O–H groups in total. The first kappa shape index (κ1) is 11.0. The van der Waals surface area contributed by atoms with Gasteiger partial charge >= 0.3 is 0 Å². The minimum Gasteiger partial charge on any atom is -0.383 e. The molecule has 0 radical (unpaired) electrons. The quantitative estimate of drug-likeness (QED) is 0.749. The number of aromatic nitrogens is 1. The molecule has 1 aromatic rings. The number of nitrogens with zero attached hydrogens (tertiary/aromatic N) is 1. The smallest absolute Gasteiger partial charge is 0.0424 e. The van der Waals surface area contributed by atoms with Gasteiger partial charge < -0.3 is 11.1 Å². The Morgan fingerprint density at radius 1 is 1.50 bits per heavy atom. The summed E-state index contributed by atoms with van der Waals surface area (Å²) in [6.45, 7) is 4.98. The number of nitrogens with two attached hydrogens (primary N) is 1. The lowest BCUT2D eigenvalue weighted by atomic mass is 10.2. The molecule has 0 unspecified atom stereocenters. The minimum atomic E-state index is 0.458. The fourth-order valence-corrected chi connectivity index (χ4v) is 1.32. The highest BCUT2D eigenvalue weighted by Gasteiger charge is 1.98. The van der Waals surface area contributed by atoms with Gasteiger partial charge in [0.15, 0.2) is 0 Å². The van der Waals surface area contributed by atoms with Crippen molar-refractivity contribution in [1.29, 1.82) is 0 Å². The number of anilines is 1. The van der Waals surface area contributed by atoms with Gasteiger partial charge in [0.2, 0.25) is 0 Å². The van der Waals surface area contributed by atoms with Gasteiger partial charge in [-0.3, -0.25) is 4.98 Å². The van der Waals surface area contributed by atoms with E-state index >= 15 is 0 Å². The number of hydrogen-bond donors (Lipinski definition) is 2. The lowest BCUT2D eigenvalue weighted by molar-refractivity contribution is 0.809. The molecule has 0 atom stereocenters. The Kier molecular flexibility index (Phi) is 4.40. The number of rotatable bonds is 5. The fourth-order valence-electron chi connectivity index (χ4n) is 1.32. The molecule has 0 aliphatic rings. The maximum atomic E-state index is 5.45. The first-order valence-corrected chi connectivity index (χ1v) is 5.14. The van der Waals surface area contributed by atoms with Crippen molar-refractivity contribution in [3.63, 3.8) is 0 Å². The molecular formula is C11H19N3. The maximum absolute atomic E-state index is 5.45. The molecule has 1 rings (SSSR count). The van der Waals surface area contributed by atoms with Crippen molar-refractivity contribution in [2.24, 2.45) is 5.73 Å². The lowest BCUT2D eigenvalue weighted by Gasteiger charge is -2.10. The third kappa shape index (κ3) is 3.75. The van der Waals surface area contributed by atoms with Gasteiger partial charge in [-0.25, -0.2) is 0 Å². The first-order valence-electron chi connectivity index (χ1n) is 5.14. The van der Waals surface area contributed by atoms with E-state index in [1.54, 1.807) is 0 Å². The zero-order chi connectivity index (χ0) is 10.4. The van der Waals surface area contributed by atoms with E-state index in [-0.39, 0.29) is 0 Å². The lowest BCUT2D eigenvalue weighted by Crippen LogP contribution is -2.10. The molecule has 0 fully saturated rings. The standard InChI is InChI=1S/C11H19N3/c1-9(2)14-11-5-7-13-10(8-11)4-3-6-12/h5,7-9H,3-4,6,12H2,1-2H3,(H,13,14). The molecule has 1 aromatic heterocycles. The Morgan fingerprint density at radius 3 is 2.93 bits per heavy atom. The molecule has 0 saturated heterocycles. The van der Waals surface area contributed by atoms with E-state index in [1.165, 1.54) is 0 Å². The van der Waals surface area contributed by atoms with Crippen LogP contribution in [-0.4, -0.2) is 17.6 Å². The molecule has 78 valence electrons. The molecule has 0 aliphatic carbocycles. The van der Waals surface area contributed by atoms with E-state index in [0.717, 1.165) is 30.8 Å². The summed E-state index contributed by atoms with van der Waals surface area (Å²) in [5.41, 5.74) is 7.70.